The molecule has 4 N–H and O–H groups in total. The quantitative estimate of drug-likeness (QED) is 0.709. The zero-order valence-electron chi connectivity index (χ0n) is 10.1. The van der Waals surface area contributed by atoms with Crippen molar-refractivity contribution in [3.05, 3.63) is 11.4 Å². The number of hydrogen-bond donors (Lipinski definition) is 3. The molecule has 0 spiro atoms. The van der Waals surface area contributed by atoms with Gasteiger partial charge in [0, 0.05) is 6.04 Å². The zero-order chi connectivity index (χ0) is 13.3. The zero-order valence-corrected chi connectivity index (χ0v) is 10.9. The van der Waals surface area contributed by atoms with Gasteiger partial charge in [-0.05, 0) is 25.7 Å². The van der Waals surface area contributed by atoms with E-state index in [1.165, 1.54) is 0 Å². The second-order valence-electron chi connectivity index (χ2n) is 4.38. The maximum Gasteiger partial charge on any atom is 0.273 e. The molecule has 1 aliphatic carbocycles. The maximum atomic E-state index is 11.9. The molecule has 0 radical (unpaired) electrons. The van der Waals surface area contributed by atoms with Crippen LogP contribution in [-0.2, 0) is 16.4 Å². The van der Waals surface area contributed by atoms with E-state index in [1.54, 1.807) is 6.92 Å². The van der Waals surface area contributed by atoms with Gasteiger partial charge >= 0.3 is 0 Å². The van der Waals surface area contributed by atoms with Gasteiger partial charge in [0.05, 0.1) is 5.69 Å². The second-order valence-corrected chi connectivity index (χ2v) is 5.88. The minimum atomic E-state index is -3.96. The summed E-state index contributed by atoms with van der Waals surface area (Å²) in [5.74, 6) is -0.486. The van der Waals surface area contributed by atoms with Crippen LogP contribution in [0.1, 0.15) is 42.4 Å². The molecule has 7 nitrogen and oxygen atoms in total. The van der Waals surface area contributed by atoms with Crippen molar-refractivity contribution in [2.75, 3.05) is 0 Å². The number of nitrogens with one attached hydrogen (secondary N) is 2. The van der Waals surface area contributed by atoms with Crippen LogP contribution in [0.2, 0.25) is 0 Å². The van der Waals surface area contributed by atoms with Crippen LogP contribution in [0.5, 0.6) is 0 Å². The van der Waals surface area contributed by atoms with E-state index in [4.69, 9.17) is 5.14 Å². The summed E-state index contributed by atoms with van der Waals surface area (Å²) in [4.78, 5) is 11.7. The summed E-state index contributed by atoms with van der Waals surface area (Å²) in [6.07, 6.45) is 3.33. The van der Waals surface area contributed by atoms with Crippen molar-refractivity contribution in [3.63, 3.8) is 0 Å². The molecule has 1 amide bonds. The van der Waals surface area contributed by atoms with E-state index in [1.807, 2.05) is 0 Å². The number of nitrogens with zero attached hydrogens (tertiary/aromatic N) is 1. The van der Waals surface area contributed by atoms with E-state index in [0.29, 0.717) is 12.1 Å². The monoisotopic (exact) mass is 272 g/mol. The highest BCUT2D eigenvalue weighted by Gasteiger charge is 2.29. The lowest BCUT2D eigenvalue weighted by Crippen LogP contribution is -2.40. The average molecular weight is 272 g/mol. The summed E-state index contributed by atoms with van der Waals surface area (Å²) in [5, 5.41) is 14.2. The molecule has 0 unspecified atom stereocenters. The number of aryl methyl sites for hydroxylation is 1. The third kappa shape index (κ3) is 2.39. The lowest BCUT2D eigenvalue weighted by molar-refractivity contribution is 0.0908. The van der Waals surface area contributed by atoms with Crippen LogP contribution in [0, 0.1) is 0 Å². The van der Waals surface area contributed by atoms with Gasteiger partial charge in [0.15, 0.2) is 5.69 Å². The Kier molecular flexibility index (Phi) is 3.40. The predicted octanol–water partition coefficient (Wildman–Crippen LogP) is -0.0982. The number of sulfonamides is 1. The van der Waals surface area contributed by atoms with Gasteiger partial charge in [-0.15, -0.1) is 0 Å². The van der Waals surface area contributed by atoms with E-state index in [9.17, 15) is 13.2 Å². The molecule has 1 saturated carbocycles. The molecule has 8 heteroatoms. The third-order valence-electron chi connectivity index (χ3n) is 3.09. The fourth-order valence-electron chi connectivity index (χ4n) is 1.87. The fraction of sp³-hybridized carbons (Fsp3) is 0.600. The molecule has 0 atom stereocenters. The normalized spacial score (nSPS) is 16.3. The molecule has 0 bridgehead atoms. The Hall–Kier alpha value is -1.41. The van der Waals surface area contributed by atoms with E-state index < -0.39 is 15.9 Å². The Labute approximate surface area is 105 Å². The van der Waals surface area contributed by atoms with Crippen LogP contribution in [-0.4, -0.2) is 30.6 Å². The summed E-state index contributed by atoms with van der Waals surface area (Å²) < 4.78 is 23.0. The van der Waals surface area contributed by atoms with Crippen molar-refractivity contribution in [2.24, 2.45) is 5.14 Å². The summed E-state index contributed by atoms with van der Waals surface area (Å²) in [7, 11) is -3.96. The van der Waals surface area contributed by atoms with Gasteiger partial charge in [-0.2, -0.15) is 5.10 Å². The lowest BCUT2D eigenvalue weighted by Gasteiger charge is -2.25. The van der Waals surface area contributed by atoms with E-state index in [2.05, 4.69) is 15.5 Å². The number of rotatable bonds is 4. The van der Waals surface area contributed by atoms with Crippen LogP contribution >= 0.6 is 0 Å². The first-order chi connectivity index (χ1) is 8.43. The molecule has 1 fully saturated rings. The molecule has 0 aromatic carbocycles. The van der Waals surface area contributed by atoms with Crippen LogP contribution < -0.4 is 10.5 Å². The highest BCUT2D eigenvalue weighted by atomic mass is 32.2. The van der Waals surface area contributed by atoms with Gasteiger partial charge in [0.2, 0.25) is 10.0 Å². The van der Waals surface area contributed by atoms with Crippen molar-refractivity contribution in [2.45, 2.75) is 43.5 Å². The van der Waals surface area contributed by atoms with Gasteiger partial charge in [-0.1, -0.05) is 6.92 Å². The van der Waals surface area contributed by atoms with Crippen LogP contribution in [0.25, 0.3) is 0 Å². The smallest absolute Gasteiger partial charge is 0.273 e. The number of amides is 1. The van der Waals surface area contributed by atoms with Crippen LogP contribution in [0.4, 0.5) is 0 Å². The lowest BCUT2D eigenvalue weighted by atomic mass is 9.93. The van der Waals surface area contributed by atoms with Crippen molar-refractivity contribution in [3.8, 4) is 0 Å². The third-order valence-corrected chi connectivity index (χ3v) is 4.09. The Morgan fingerprint density at radius 2 is 2.22 bits per heavy atom. The Bertz CT molecular complexity index is 560. The molecular weight excluding hydrogens is 256 g/mol. The first-order valence-electron chi connectivity index (χ1n) is 5.84. The van der Waals surface area contributed by atoms with Crippen molar-refractivity contribution < 1.29 is 13.2 Å². The van der Waals surface area contributed by atoms with Gasteiger partial charge in [-0.25, -0.2) is 13.6 Å². The number of H-pyrrole nitrogens is 1. The van der Waals surface area contributed by atoms with Gasteiger partial charge < -0.3 is 5.32 Å². The number of nitrogens with two attached hydrogens (primary N) is 1. The average Bonchev–Trinajstić information content (AvgIpc) is 2.66. The molecule has 0 aliphatic heterocycles. The van der Waals surface area contributed by atoms with Crippen molar-refractivity contribution in [1.29, 1.82) is 0 Å². The topological polar surface area (TPSA) is 118 Å². The van der Waals surface area contributed by atoms with Gasteiger partial charge in [0.1, 0.15) is 4.90 Å². The van der Waals surface area contributed by atoms with Crippen molar-refractivity contribution >= 4 is 15.9 Å². The standard InChI is InChI=1S/C10H16N4O3S/c1-2-7-9(18(11,16)17)8(14-13-7)10(15)12-6-4-3-5-6/h6H,2-5H2,1H3,(H,12,15)(H,13,14)(H2,11,16,17). The number of primary sulfonamides is 1. The molecule has 1 aromatic rings. The Morgan fingerprint density at radius 1 is 1.56 bits per heavy atom. The second kappa shape index (κ2) is 4.69. The number of aromatic nitrogens is 2. The van der Waals surface area contributed by atoms with Crippen LogP contribution in [0.3, 0.4) is 0 Å². The molecule has 2 rings (SSSR count). The number of carbonyl (C=O) groups excluding carboxylic acids is 1. The number of aromatic amines is 1. The van der Waals surface area contributed by atoms with Crippen LogP contribution in [0.15, 0.2) is 4.90 Å². The molecular formula is C10H16N4O3S. The summed E-state index contributed by atoms with van der Waals surface area (Å²) in [5.41, 5.74) is 0.220. The first-order valence-corrected chi connectivity index (χ1v) is 7.39. The van der Waals surface area contributed by atoms with E-state index >= 15 is 0 Å². The fourth-order valence-corrected chi connectivity index (χ4v) is 2.82. The molecule has 1 aliphatic rings. The largest absolute Gasteiger partial charge is 0.348 e. The maximum absolute atomic E-state index is 11.9. The van der Waals surface area contributed by atoms with E-state index in [0.717, 1.165) is 19.3 Å². The molecule has 0 saturated heterocycles. The minimum Gasteiger partial charge on any atom is -0.348 e. The highest BCUT2D eigenvalue weighted by Crippen LogP contribution is 2.21. The molecule has 1 heterocycles. The highest BCUT2D eigenvalue weighted by molar-refractivity contribution is 7.89. The number of hydrogen-bond acceptors (Lipinski definition) is 4. The molecule has 1 aromatic heterocycles. The number of carbonyl (C=O) groups is 1. The Morgan fingerprint density at radius 3 is 2.67 bits per heavy atom. The minimum absolute atomic E-state index is 0.118. The van der Waals surface area contributed by atoms with Gasteiger partial charge in [0.25, 0.3) is 5.91 Å². The molecule has 18 heavy (non-hydrogen) atoms. The Balaban J connectivity index is 2.32. The summed E-state index contributed by atoms with van der Waals surface area (Å²) in [6.45, 7) is 1.76. The van der Waals surface area contributed by atoms with Crippen molar-refractivity contribution in [1.82, 2.24) is 15.5 Å². The van der Waals surface area contributed by atoms with Gasteiger partial charge in [-0.3, -0.25) is 9.89 Å². The summed E-state index contributed by atoms with van der Waals surface area (Å²) >= 11 is 0. The molecule has 100 valence electrons. The first kappa shape index (κ1) is 13.0. The summed E-state index contributed by atoms with van der Waals surface area (Å²) in [6, 6.07) is 0.118. The predicted molar refractivity (Wildman–Crippen MR) is 64.4 cm³/mol. The van der Waals surface area contributed by atoms with E-state index in [-0.39, 0.29) is 16.6 Å². The SMILES string of the molecule is CCc1[nH]nc(C(=O)NC2CCC2)c1S(N)(=O)=O.